The summed E-state index contributed by atoms with van der Waals surface area (Å²) in [7, 11) is 1.62. The molecule has 0 saturated carbocycles. The van der Waals surface area contributed by atoms with Crippen LogP contribution in [0.4, 0.5) is 15.8 Å². The van der Waals surface area contributed by atoms with Crippen LogP contribution in [-0.2, 0) is 7.05 Å². The van der Waals surface area contributed by atoms with E-state index < -0.39 is 17.3 Å². The van der Waals surface area contributed by atoms with Crippen molar-refractivity contribution < 1.29 is 14.3 Å². The quantitative estimate of drug-likeness (QED) is 0.268. The predicted octanol–water partition coefficient (Wildman–Crippen LogP) is 5.11. The second-order valence-corrected chi connectivity index (χ2v) is 10.9. The van der Waals surface area contributed by atoms with Crippen molar-refractivity contribution >= 4 is 39.5 Å². The lowest BCUT2D eigenvalue weighted by Gasteiger charge is -2.24. The maximum Gasteiger partial charge on any atom is 0.274 e. The Hall–Kier alpha value is -3.50. The fraction of sp³-hybridized carbons (Fsp3) is 0.370. The van der Waals surface area contributed by atoms with E-state index in [2.05, 4.69) is 20.6 Å². The molecule has 1 unspecified atom stereocenters. The first-order chi connectivity index (χ1) is 17.3. The minimum atomic E-state index is -1.17. The van der Waals surface area contributed by atoms with E-state index in [-0.39, 0.29) is 28.4 Å². The van der Waals surface area contributed by atoms with Crippen molar-refractivity contribution in [1.82, 2.24) is 19.9 Å². The highest BCUT2D eigenvalue weighted by atomic mass is 32.1. The normalized spacial score (nSPS) is 12.7. The van der Waals surface area contributed by atoms with Crippen molar-refractivity contribution in [2.24, 2.45) is 7.05 Å². The highest BCUT2D eigenvalue weighted by Gasteiger charge is 2.32. The van der Waals surface area contributed by atoms with Gasteiger partial charge in [0, 0.05) is 47.7 Å². The van der Waals surface area contributed by atoms with Gasteiger partial charge in [0.2, 0.25) is 0 Å². The minimum absolute atomic E-state index is 0.232. The van der Waals surface area contributed by atoms with Crippen molar-refractivity contribution in [2.45, 2.75) is 53.1 Å². The molecule has 0 saturated heterocycles. The lowest BCUT2D eigenvalue weighted by atomic mass is 9.91. The largest absolute Gasteiger partial charge is 0.390 e. The molecule has 10 heteroatoms. The average molecular weight is 526 g/mol. The average Bonchev–Trinajstić information content (AvgIpc) is 3.40. The molecule has 4 aromatic rings. The number of carbonyl (C=O) groups is 1. The highest BCUT2D eigenvalue weighted by molar-refractivity contribution is 7.16. The van der Waals surface area contributed by atoms with Gasteiger partial charge < -0.3 is 25.3 Å². The molecule has 0 radical (unpaired) electrons. The van der Waals surface area contributed by atoms with Gasteiger partial charge in [0.25, 0.3) is 11.5 Å². The van der Waals surface area contributed by atoms with Crippen LogP contribution in [0.3, 0.4) is 0 Å². The van der Waals surface area contributed by atoms with Crippen molar-refractivity contribution in [3.05, 3.63) is 62.5 Å². The first-order valence-corrected chi connectivity index (χ1v) is 12.9. The van der Waals surface area contributed by atoms with Crippen molar-refractivity contribution in [1.29, 1.82) is 0 Å². The Bertz CT molecular complexity index is 1540. The number of fused-ring (bicyclic) bond motifs is 1. The standard InChI is InChI=1S/C27H32FN5O3S/c1-8-29-25(34)18-11-16-17(12-33(7)26(35)21(16)31-18)24-22(32-20-13(2)9-10-30-15(20)4)19(28)23(37-24)14(3)27(5,6)36/h9-12,14,31-32,36H,8H2,1-7H3,(H,29,34). The highest BCUT2D eigenvalue weighted by Crippen LogP contribution is 2.48. The van der Waals surface area contributed by atoms with Crippen LogP contribution in [0.2, 0.25) is 0 Å². The third kappa shape index (κ3) is 4.78. The lowest BCUT2D eigenvalue weighted by molar-refractivity contribution is 0.0559. The Labute approximate surface area is 218 Å². The molecule has 0 bridgehead atoms. The van der Waals surface area contributed by atoms with E-state index in [0.29, 0.717) is 38.6 Å². The molecule has 0 aliphatic heterocycles. The topological polar surface area (TPSA) is 112 Å². The lowest BCUT2D eigenvalue weighted by Crippen LogP contribution is -2.26. The number of aromatic amines is 1. The van der Waals surface area contributed by atoms with E-state index in [1.807, 2.05) is 26.8 Å². The fourth-order valence-corrected chi connectivity index (χ4v) is 5.62. The number of hydrogen-bond donors (Lipinski definition) is 4. The zero-order valence-corrected chi connectivity index (χ0v) is 22.9. The number of aromatic nitrogens is 3. The van der Waals surface area contributed by atoms with E-state index >= 15 is 4.39 Å². The number of carbonyl (C=O) groups excluding carboxylic acids is 1. The summed E-state index contributed by atoms with van der Waals surface area (Å²) in [5.41, 5.74) is 2.14. The summed E-state index contributed by atoms with van der Waals surface area (Å²) in [4.78, 5) is 33.7. The molecule has 37 heavy (non-hydrogen) atoms. The molecule has 0 fully saturated rings. The molecule has 196 valence electrons. The Morgan fingerprint density at radius 1 is 1.32 bits per heavy atom. The molecule has 0 aliphatic carbocycles. The number of thiophene rings is 1. The molecule has 4 N–H and O–H groups in total. The maximum absolute atomic E-state index is 16.2. The third-order valence-electron chi connectivity index (χ3n) is 6.72. The number of aliphatic hydroxyl groups is 1. The van der Waals surface area contributed by atoms with Gasteiger partial charge in [-0.3, -0.25) is 14.6 Å². The van der Waals surface area contributed by atoms with Gasteiger partial charge in [-0.25, -0.2) is 4.39 Å². The SMILES string of the molecule is CCNC(=O)c1cc2c(-c3sc(C(C)C(C)(C)O)c(F)c3Nc3c(C)ccnc3C)cn(C)c(=O)c2[nH]1. The van der Waals surface area contributed by atoms with Crippen molar-refractivity contribution in [3.63, 3.8) is 0 Å². The Balaban J connectivity index is 2.03. The van der Waals surface area contributed by atoms with Crippen LogP contribution >= 0.6 is 11.3 Å². The summed E-state index contributed by atoms with van der Waals surface area (Å²) in [5, 5.41) is 17.2. The molecule has 0 spiro atoms. The summed E-state index contributed by atoms with van der Waals surface area (Å²) in [6, 6.07) is 3.47. The number of pyridine rings is 2. The monoisotopic (exact) mass is 525 g/mol. The molecule has 0 aromatic carbocycles. The Morgan fingerprint density at radius 3 is 2.65 bits per heavy atom. The van der Waals surface area contributed by atoms with E-state index in [1.165, 1.54) is 15.9 Å². The van der Waals surface area contributed by atoms with Gasteiger partial charge in [-0.15, -0.1) is 11.3 Å². The van der Waals surface area contributed by atoms with Gasteiger partial charge in [0.15, 0.2) is 5.82 Å². The van der Waals surface area contributed by atoms with Crippen LogP contribution < -0.4 is 16.2 Å². The van der Waals surface area contributed by atoms with Crippen molar-refractivity contribution in [3.8, 4) is 10.4 Å². The summed E-state index contributed by atoms with van der Waals surface area (Å²) in [5.74, 6) is -1.32. The Kier molecular flexibility index (Phi) is 7.00. The first kappa shape index (κ1) is 26.6. The van der Waals surface area contributed by atoms with Gasteiger partial charge in [-0.1, -0.05) is 6.92 Å². The maximum atomic E-state index is 16.2. The zero-order valence-electron chi connectivity index (χ0n) is 22.0. The first-order valence-electron chi connectivity index (χ1n) is 12.1. The third-order valence-corrected chi connectivity index (χ3v) is 8.10. The number of hydrogen-bond acceptors (Lipinski definition) is 6. The van der Waals surface area contributed by atoms with E-state index in [4.69, 9.17) is 0 Å². The molecule has 1 amide bonds. The Morgan fingerprint density at radius 2 is 2.03 bits per heavy atom. The molecule has 1 atom stereocenters. The number of H-pyrrole nitrogens is 1. The molecular formula is C27H32FN5O3S. The number of rotatable bonds is 7. The summed E-state index contributed by atoms with van der Waals surface area (Å²) >= 11 is 1.21. The molecular weight excluding hydrogens is 493 g/mol. The van der Waals surface area contributed by atoms with Crippen LogP contribution in [0.25, 0.3) is 21.3 Å². The minimum Gasteiger partial charge on any atom is -0.390 e. The number of halogens is 1. The number of amides is 1. The van der Waals surface area contributed by atoms with Gasteiger partial charge in [-0.05, 0) is 52.3 Å². The number of nitrogens with one attached hydrogen (secondary N) is 3. The number of anilines is 2. The number of nitrogens with zero attached hydrogens (tertiary/aromatic N) is 2. The second-order valence-electron chi connectivity index (χ2n) is 9.86. The molecule has 8 nitrogen and oxygen atoms in total. The van der Waals surface area contributed by atoms with E-state index in [9.17, 15) is 14.7 Å². The molecule has 4 aromatic heterocycles. The molecule has 4 heterocycles. The second kappa shape index (κ2) is 9.75. The van der Waals surface area contributed by atoms with Gasteiger partial charge in [0.05, 0.1) is 27.5 Å². The van der Waals surface area contributed by atoms with Crippen LogP contribution in [0.15, 0.2) is 29.3 Å². The van der Waals surface area contributed by atoms with Crippen LogP contribution in [0.1, 0.15) is 60.2 Å². The van der Waals surface area contributed by atoms with Crippen molar-refractivity contribution in [2.75, 3.05) is 11.9 Å². The molecule has 4 rings (SSSR count). The van der Waals surface area contributed by atoms with E-state index in [1.54, 1.807) is 46.3 Å². The van der Waals surface area contributed by atoms with Gasteiger partial charge >= 0.3 is 0 Å². The molecule has 0 aliphatic rings. The summed E-state index contributed by atoms with van der Waals surface area (Å²) in [6.45, 7) is 11.1. The van der Waals surface area contributed by atoms with Crippen LogP contribution in [0, 0.1) is 19.7 Å². The van der Waals surface area contributed by atoms with E-state index in [0.717, 1.165) is 5.56 Å². The summed E-state index contributed by atoms with van der Waals surface area (Å²) < 4.78 is 17.6. The predicted molar refractivity (Wildman–Crippen MR) is 147 cm³/mol. The van der Waals surface area contributed by atoms with Gasteiger partial charge in [-0.2, -0.15) is 0 Å². The number of aryl methyl sites for hydroxylation is 3. The zero-order chi connectivity index (χ0) is 27.2. The van der Waals surface area contributed by atoms with Gasteiger partial charge in [0.1, 0.15) is 11.2 Å². The van der Waals surface area contributed by atoms with Crippen LogP contribution in [0.5, 0.6) is 0 Å². The smallest absolute Gasteiger partial charge is 0.274 e. The fourth-order valence-electron chi connectivity index (χ4n) is 4.23. The summed E-state index contributed by atoms with van der Waals surface area (Å²) in [6.07, 6.45) is 3.35. The van der Waals surface area contributed by atoms with Crippen LogP contribution in [-0.4, -0.2) is 37.7 Å².